The largest absolute Gasteiger partial charge is 0.497 e. The van der Waals surface area contributed by atoms with Gasteiger partial charge in [0.05, 0.1) is 34.7 Å². The second kappa shape index (κ2) is 8.12. The molecule has 0 bridgehead atoms. The van der Waals surface area contributed by atoms with Gasteiger partial charge in [0.15, 0.2) is 15.7 Å². The van der Waals surface area contributed by atoms with Crippen molar-refractivity contribution < 1.29 is 17.9 Å². The lowest BCUT2D eigenvalue weighted by atomic mass is 9.96. The second-order valence-electron chi connectivity index (χ2n) is 6.89. The maximum atomic E-state index is 13.3. The number of hydrogen-bond donors (Lipinski definition) is 1. The van der Waals surface area contributed by atoms with E-state index < -0.39 is 15.8 Å². The van der Waals surface area contributed by atoms with E-state index in [1.54, 1.807) is 42.5 Å². The third kappa shape index (κ3) is 3.97. The number of para-hydroxylation sites is 2. The molecule has 1 heterocycles. The number of aromatic amines is 1. The normalized spacial score (nSPS) is 12.6. The van der Waals surface area contributed by atoms with Crippen molar-refractivity contribution in [3.63, 3.8) is 0 Å². The molecule has 0 radical (unpaired) electrons. The van der Waals surface area contributed by atoms with Crippen LogP contribution >= 0.6 is 0 Å². The number of methoxy groups -OCH3 is 1. The lowest BCUT2D eigenvalue weighted by Crippen LogP contribution is -2.23. The summed E-state index contributed by atoms with van der Waals surface area (Å²) < 4.78 is 31.3. The molecule has 4 rings (SSSR count). The van der Waals surface area contributed by atoms with E-state index in [1.807, 2.05) is 24.3 Å². The van der Waals surface area contributed by atoms with Crippen LogP contribution in [0.1, 0.15) is 22.1 Å². The van der Waals surface area contributed by atoms with Gasteiger partial charge in [-0.25, -0.2) is 13.4 Å². The number of nitrogens with zero attached hydrogens (tertiary/aromatic N) is 1. The Kier molecular flexibility index (Phi) is 5.37. The van der Waals surface area contributed by atoms with Gasteiger partial charge in [0.2, 0.25) is 5.78 Å². The number of ether oxygens (including phenoxy) is 1. The number of rotatable bonds is 7. The fourth-order valence-corrected chi connectivity index (χ4v) is 4.87. The zero-order valence-corrected chi connectivity index (χ0v) is 17.1. The van der Waals surface area contributed by atoms with Gasteiger partial charge in [0, 0.05) is 0 Å². The second-order valence-corrected chi connectivity index (χ2v) is 8.92. The average molecular weight is 420 g/mol. The van der Waals surface area contributed by atoms with Crippen molar-refractivity contribution in [3.8, 4) is 5.75 Å². The summed E-state index contributed by atoms with van der Waals surface area (Å²) in [6.07, 6.45) is 0. The molecule has 1 aromatic heterocycles. The summed E-state index contributed by atoms with van der Waals surface area (Å²) in [6.45, 7) is 0. The van der Waals surface area contributed by atoms with Gasteiger partial charge >= 0.3 is 0 Å². The number of carbonyl (C=O) groups excluding carboxylic acids is 1. The van der Waals surface area contributed by atoms with Crippen LogP contribution < -0.4 is 4.74 Å². The van der Waals surface area contributed by atoms with Crippen LogP contribution in [0, 0.1) is 0 Å². The highest BCUT2D eigenvalue weighted by molar-refractivity contribution is 7.91. The molecule has 0 fully saturated rings. The van der Waals surface area contributed by atoms with Crippen molar-refractivity contribution >= 4 is 26.7 Å². The molecule has 1 N–H and O–H groups in total. The molecule has 0 aliphatic rings. The van der Waals surface area contributed by atoms with Crippen molar-refractivity contribution in [1.82, 2.24) is 9.97 Å². The molecule has 152 valence electrons. The molecular formula is C23H20N2O4S. The SMILES string of the molecule is COc1ccc(S(=O)(=O)CC(C(=O)c2nc3ccccc3[nH]2)c2ccccc2)cc1. The average Bonchev–Trinajstić information content (AvgIpc) is 3.22. The molecule has 0 spiro atoms. The maximum absolute atomic E-state index is 13.3. The number of nitrogens with one attached hydrogen (secondary N) is 1. The number of carbonyl (C=O) groups is 1. The molecule has 1 unspecified atom stereocenters. The minimum absolute atomic E-state index is 0.140. The monoisotopic (exact) mass is 420 g/mol. The van der Waals surface area contributed by atoms with Gasteiger partial charge < -0.3 is 9.72 Å². The van der Waals surface area contributed by atoms with Crippen LogP contribution in [0.3, 0.4) is 0 Å². The molecule has 0 aliphatic heterocycles. The highest BCUT2D eigenvalue weighted by Gasteiger charge is 2.30. The van der Waals surface area contributed by atoms with Gasteiger partial charge in [-0.15, -0.1) is 0 Å². The summed E-state index contributed by atoms with van der Waals surface area (Å²) in [7, 11) is -2.22. The van der Waals surface area contributed by atoms with Crippen LogP contribution in [0.4, 0.5) is 0 Å². The number of H-pyrrole nitrogens is 1. The van der Waals surface area contributed by atoms with Crippen molar-refractivity contribution in [1.29, 1.82) is 0 Å². The van der Waals surface area contributed by atoms with E-state index >= 15 is 0 Å². The number of aromatic nitrogens is 2. The summed E-state index contributed by atoms with van der Waals surface area (Å²) in [5.74, 6) is -0.908. The molecule has 7 heteroatoms. The Labute approximate surface area is 174 Å². The first kappa shape index (κ1) is 19.8. The van der Waals surface area contributed by atoms with Gasteiger partial charge in [-0.1, -0.05) is 42.5 Å². The van der Waals surface area contributed by atoms with E-state index in [2.05, 4.69) is 9.97 Å². The molecule has 3 aromatic carbocycles. The molecule has 30 heavy (non-hydrogen) atoms. The molecular weight excluding hydrogens is 400 g/mol. The van der Waals surface area contributed by atoms with Crippen LogP contribution in [0.25, 0.3) is 11.0 Å². The van der Waals surface area contributed by atoms with Crippen LogP contribution in [0.2, 0.25) is 0 Å². The maximum Gasteiger partial charge on any atom is 0.206 e. The zero-order chi connectivity index (χ0) is 21.1. The highest BCUT2D eigenvalue weighted by Crippen LogP contribution is 2.27. The van der Waals surface area contributed by atoms with Gasteiger partial charge in [0.1, 0.15) is 5.75 Å². The first-order valence-corrected chi connectivity index (χ1v) is 11.0. The molecule has 6 nitrogen and oxygen atoms in total. The van der Waals surface area contributed by atoms with Crippen molar-refractivity contribution in [2.75, 3.05) is 12.9 Å². The van der Waals surface area contributed by atoms with E-state index in [1.165, 1.54) is 19.2 Å². The number of Topliss-reactive ketones (excluding diaryl/α,β-unsaturated/α-hetero) is 1. The van der Waals surface area contributed by atoms with Crippen LogP contribution in [0.5, 0.6) is 5.75 Å². The number of imidazole rings is 1. The molecule has 0 saturated heterocycles. The standard InChI is InChI=1S/C23H20N2O4S/c1-29-17-11-13-18(14-12-17)30(27,28)15-19(16-7-3-2-4-8-16)22(26)23-24-20-9-5-6-10-21(20)25-23/h2-14,19H,15H2,1H3,(H,24,25). The minimum atomic E-state index is -3.73. The number of benzene rings is 3. The molecule has 4 aromatic rings. The Hall–Kier alpha value is -3.45. The molecule has 1 atom stereocenters. The van der Waals surface area contributed by atoms with Gasteiger partial charge in [-0.2, -0.15) is 0 Å². The zero-order valence-electron chi connectivity index (χ0n) is 16.3. The summed E-state index contributed by atoms with van der Waals surface area (Å²) >= 11 is 0. The van der Waals surface area contributed by atoms with Crippen LogP contribution in [-0.4, -0.2) is 37.0 Å². The fraction of sp³-hybridized carbons (Fsp3) is 0.130. The topological polar surface area (TPSA) is 89.1 Å². The van der Waals surface area contributed by atoms with Crippen LogP contribution in [-0.2, 0) is 9.84 Å². The Morgan fingerprint density at radius 1 is 0.967 bits per heavy atom. The van der Waals surface area contributed by atoms with Crippen molar-refractivity contribution in [2.45, 2.75) is 10.8 Å². The highest BCUT2D eigenvalue weighted by atomic mass is 32.2. The summed E-state index contributed by atoms with van der Waals surface area (Å²) in [5, 5.41) is 0. The Bertz CT molecular complexity index is 1250. The fourth-order valence-electron chi connectivity index (χ4n) is 3.34. The predicted molar refractivity (Wildman–Crippen MR) is 115 cm³/mol. The smallest absolute Gasteiger partial charge is 0.206 e. The van der Waals surface area contributed by atoms with Gasteiger partial charge in [-0.3, -0.25) is 4.79 Å². The lowest BCUT2D eigenvalue weighted by molar-refractivity contribution is 0.0958. The minimum Gasteiger partial charge on any atom is -0.497 e. The van der Waals surface area contributed by atoms with Gasteiger partial charge in [-0.05, 0) is 42.0 Å². The van der Waals surface area contributed by atoms with E-state index in [0.717, 1.165) is 5.52 Å². The number of hydrogen-bond acceptors (Lipinski definition) is 5. The van der Waals surface area contributed by atoms with Gasteiger partial charge in [0.25, 0.3) is 0 Å². The molecule has 0 aliphatic carbocycles. The molecule has 0 saturated carbocycles. The number of ketones is 1. The Balaban J connectivity index is 1.72. The van der Waals surface area contributed by atoms with E-state index in [0.29, 0.717) is 16.8 Å². The van der Waals surface area contributed by atoms with E-state index in [4.69, 9.17) is 4.74 Å². The third-order valence-corrected chi connectivity index (χ3v) is 6.71. The first-order valence-electron chi connectivity index (χ1n) is 9.38. The summed E-state index contributed by atoms with van der Waals surface area (Å²) in [6, 6.07) is 22.4. The third-order valence-electron chi connectivity index (χ3n) is 4.95. The van der Waals surface area contributed by atoms with E-state index in [9.17, 15) is 13.2 Å². The number of fused-ring (bicyclic) bond motifs is 1. The predicted octanol–water partition coefficient (Wildman–Crippen LogP) is 4.01. The van der Waals surface area contributed by atoms with Crippen molar-refractivity contribution in [3.05, 3.63) is 90.3 Å². The number of sulfone groups is 1. The van der Waals surface area contributed by atoms with E-state index in [-0.39, 0.29) is 22.3 Å². The Morgan fingerprint density at radius 2 is 1.63 bits per heavy atom. The van der Waals surface area contributed by atoms with Crippen LogP contribution in [0.15, 0.2) is 83.8 Å². The summed E-state index contributed by atoms with van der Waals surface area (Å²) in [5.41, 5.74) is 2.01. The molecule has 0 amide bonds. The Morgan fingerprint density at radius 3 is 2.30 bits per heavy atom. The van der Waals surface area contributed by atoms with Crippen molar-refractivity contribution in [2.24, 2.45) is 0 Å². The lowest BCUT2D eigenvalue weighted by Gasteiger charge is -2.16. The first-order chi connectivity index (χ1) is 14.5. The quantitative estimate of drug-likeness (QED) is 0.456. The summed E-state index contributed by atoms with van der Waals surface area (Å²) in [4.78, 5) is 20.9.